The van der Waals surface area contributed by atoms with Crippen LogP contribution < -0.4 is 0 Å². The van der Waals surface area contributed by atoms with Crippen LogP contribution in [0.1, 0.15) is 34.6 Å². The van der Waals surface area contributed by atoms with Crippen molar-refractivity contribution >= 4 is 24.3 Å². The smallest absolute Gasteiger partial charge is 0.410 e. The monoisotopic (exact) mass is 328 g/mol. The predicted octanol–water partition coefficient (Wildman–Crippen LogP) is 0.585. The second-order valence-electron chi connectivity index (χ2n) is 6.52. The maximum absolute atomic E-state index is 12.1. The van der Waals surface area contributed by atoms with Crippen LogP contribution in [-0.2, 0) is 23.9 Å². The molecule has 1 fully saturated rings. The number of carbonyl (C=O) groups is 4. The molecule has 23 heavy (non-hydrogen) atoms. The van der Waals surface area contributed by atoms with Gasteiger partial charge in [0.1, 0.15) is 17.9 Å². The minimum atomic E-state index is -0.797. The van der Waals surface area contributed by atoms with Crippen molar-refractivity contribution in [2.24, 2.45) is 0 Å². The van der Waals surface area contributed by atoms with Crippen LogP contribution in [0.2, 0.25) is 0 Å². The summed E-state index contributed by atoms with van der Waals surface area (Å²) in [5.74, 6) is -1.03. The van der Waals surface area contributed by atoms with Gasteiger partial charge in [0.05, 0.1) is 6.54 Å². The highest BCUT2D eigenvalue weighted by Crippen LogP contribution is 2.18. The van der Waals surface area contributed by atoms with Crippen LogP contribution in [0, 0.1) is 0 Å². The molecule has 0 unspecified atom stereocenters. The topological polar surface area (TPSA) is 93.2 Å². The standard InChI is InChI=1S/C15H24N2O6/c1-10-6-16(14(21)23-15(3,4)5)7-12(8-18)17(10)13(20)9-22-11(2)19/h8,10,12H,6-7,9H2,1-5H3/t10-,12+/m0/s1. The summed E-state index contributed by atoms with van der Waals surface area (Å²) >= 11 is 0. The number of nitrogens with zero attached hydrogens (tertiary/aromatic N) is 2. The van der Waals surface area contributed by atoms with E-state index in [0.717, 1.165) is 0 Å². The van der Waals surface area contributed by atoms with Crippen molar-refractivity contribution in [3.05, 3.63) is 0 Å². The van der Waals surface area contributed by atoms with Gasteiger partial charge in [0.25, 0.3) is 5.91 Å². The Morgan fingerprint density at radius 3 is 2.30 bits per heavy atom. The molecular weight excluding hydrogens is 304 g/mol. The number of aldehydes is 1. The van der Waals surface area contributed by atoms with Crippen molar-refractivity contribution in [2.45, 2.75) is 52.3 Å². The molecule has 8 heteroatoms. The number of rotatable bonds is 3. The molecule has 0 aromatic rings. The lowest BCUT2D eigenvalue weighted by molar-refractivity contribution is -0.155. The van der Waals surface area contributed by atoms with E-state index in [0.29, 0.717) is 6.29 Å². The van der Waals surface area contributed by atoms with Crippen LogP contribution >= 0.6 is 0 Å². The van der Waals surface area contributed by atoms with Gasteiger partial charge in [-0.25, -0.2) is 4.79 Å². The molecule has 130 valence electrons. The number of piperazine rings is 1. The zero-order valence-electron chi connectivity index (χ0n) is 14.2. The Kier molecular flexibility index (Phi) is 6.12. The van der Waals surface area contributed by atoms with Crippen molar-refractivity contribution in [2.75, 3.05) is 19.7 Å². The molecule has 0 radical (unpaired) electrons. The molecule has 0 aromatic heterocycles. The molecule has 1 aliphatic rings. The second-order valence-corrected chi connectivity index (χ2v) is 6.52. The Labute approximate surface area is 135 Å². The van der Waals surface area contributed by atoms with Crippen molar-refractivity contribution in [1.82, 2.24) is 9.80 Å². The molecule has 1 aliphatic heterocycles. The molecule has 0 aromatic carbocycles. The summed E-state index contributed by atoms with van der Waals surface area (Å²) in [6, 6.07) is -1.19. The van der Waals surface area contributed by atoms with Crippen molar-refractivity contribution < 1.29 is 28.7 Å². The van der Waals surface area contributed by atoms with Gasteiger partial charge in [0.15, 0.2) is 6.61 Å². The molecule has 1 heterocycles. The van der Waals surface area contributed by atoms with Gasteiger partial charge in [0.2, 0.25) is 0 Å². The van der Waals surface area contributed by atoms with Gasteiger partial charge in [-0.15, -0.1) is 0 Å². The minimum absolute atomic E-state index is 0.0502. The van der Waals surface area contributed by atoms with Gasteiger partial charge >= 0.3 is 12.1 Å². The van der Waals surface area contributed by atoms with Crippen molar-refractivity contribution in [1.29, 1.82) is 0 Å². The third-order valence-electron chi connectivity index (χ3n) is 3.22. The fourth-order valence-corrected chi connectivity index (χ4v) is 2.37. The van der Waals surface area contributed by atoms with Gasteiger partial charge < -0.3 is 24.1 Å². The molecule has 2 amide bonds. The van der Waals surface area contributed by atoms with E-state index in [4.69, 9.17) is 4.74 Å². The number of hydrogen-bond acceptors (Lipinski definition) is 6. The van der Waals surface area contributed by atoms with Crippen LogP contribution in [0.25, 0.3) is 0 Å². The summed E-state index contributed by atoms with van der Waals surface area (Å²) in [5.41, 5.74) is -0.640. The maximum atomic E-state index is 12.1. The summed E-state index contributed by atoms with van der Waals surface area (Å²) in [4.78, 5) is 49.2. The Hall–Kier alpha value is -2.12. The summed E-state index contributed by atoms with van der Waals surface area (Å²) in [6.07, 6.45) is 0.0851. The summed E-state index contributed by atoms with van der Waals surface area (Å²) in [7, 11) is 0. The largest absolute Gasteiger partial charge is 0.456 e. The average molecular weight is 328 g/mol. The van der Waals surface area contributed by atoms with Gasteiger partial charge in [-0.2, -0.15) is 0 Å². The zero-order chi connectivity index (χ0) is 17.8. The number of hydrogen-bond donors (Lipinski definition) is 0. The molecule has 8 nitrogen and oxygen atoms in total. The Bertz CT molecular complexity index is 485. The minimum Gasteiger partial charge on any atom is -0.456 e. The van der Waals surface area contributed by atoms with Crippen LogP contribution in [0.5, 0.6) is 0 Å². The van der Waals surface area contributed by atoms with Gasteiger partial charge in [0, 0.05) is 19.5 Å². The van der Waals surface area contributed by atoms with E-state index >= 15 is 0 Å². The first kappa shape index (κ1) is 18.9. The first-order chi connectivity index (χ1) is 10.5. The number of amides is 2. The quantitative estimate of drug-likeness (QED) is 0.556. The molecule has 1 rings (SSSR count). The van der Waals surface area contributed by atoms with E-state index in [2.05, 4.69) is 4.74 Å². The average Bonchev–Trinajstić information content (AvgIpc) is 2.41. The lowest BCUT2D eigenvalue weighted by Gasteiger charge is -2.43. The van der Waals surface area contributed by atoms with Crippen molar-refractivity contribution in [3.8, 4) is 0 Å². The fraction of sp³-hybridized carbons (Fsp3) is 0.733. The van der Waals surface area contributed by atoms with Gasteiger partial charge in [-0.05, 0) is 27.7 Å². The van der Waals surface area contributed by atoms with Crippen LogP contribution in [0.15, 0.2) is 0 Å². The predicted molar refractivity (Wildman–Crippen MR) is 80.6 cm³/mol. The number of esters is 1. The first-order valence-corrected chi connectivity index (χ1v) is 7.43. The lowest BCUT2D eigenvalue weighted by Crippen LogP contribution is -2.62. The van der Waals surface area contributed by atoms with Gasteiger partial charge in [-0.1, -0.05) is 0 Å². The highest BCUT2D eigenvalue weighted by molar-refractivity contribution is 5.84. The molecule has 0 spiro atoms. The SMILES string of the molecule is CC(=O)OCC(=O)N1[C@@H](C)CN(C(=O)OC(C)(C)C)C[C@@H]1C=O. The Morgan fingerprint density at radius 1 is 1.22 bits per heavy atom. The zero-order valence-corrected chi connectivity index (χ0v) is 14.2. The molecular formula is C15H24N2O6. The highest BCUT2D eigenvalue weighted by atomic mass is 16.6. The molecule has 0 saturated carbocycles. The molecule has 0 N–H and O–H groups in total. The van der Waals surface area contributed by atoms with Crippen LogP contribution in [-0.4, -0.2) is 71.4 Å². The highest BCUT2D eigenvalue weighted by Gasteiger charge is 2.38. The number of ether oxygens (including phenoxy) is 2. The van der Waals surface area contributed by atoms with Gasteiger partial charge in [-0.3, -0.25) is 9.59 Å². The van der Waals surface area contributed by atoms with E-state index in [1.807, 2.05) is 0 Å². The van der Waals surface area contributed by atoms with Crippen molar-refractivity contribution in [3.63, 3.8) is 0 Å². The van der Waals surface area contributed by atoms with E-state index in [1.165, 1.54) is 16.7 Å². The second kappa shape index (κ2) is 7.43. The Balaban J connectivity index is 2.78. The first-order valence-electron chi connectivity index (χ1n) is 7.43. The van der Waals surface area contributed by atoms with E-state index < -0.39 is 42.3 Å². The third kappa shape index (κ3) is 5.54. The normalized spacial score (nSPS) is 21.6. The summed E-state index contributed by atoms with van der Waals surface area (Å²) in [5, 5.41) is 0. The maximum Gasteiger partial charge on any atom is 0.410 e. The molecule has 2 atom stereocenters. The van der Waals surface area contributed by atoms with E-state index in [9.17, 15) is 19.2 Å². The lowest BCUT2D eigenvalue weighted by atomic mass is 10.1. The molecule has 1 saturated heterocycles. The molecule has 0 aliphatic carbocycles. The molecule has 0 bridgehead atoms. The Morgan fingerprint density at radius 2 is 1.83 bits per heavy atom. The van der Waals surface area contributed by atoms with Crippen LogP contribution in [0.4, 0.5) is 4.79 Å². The fourth-order valence-electron chi connectivity index (χ4n) is 2.37. The van der Waals surface area contributed by atoms with E-state index in [1.54, 1.807) is 27.7 Å². The summed E-state index contributed by atoms with van der Waals surface area (Å²) < 4.78 is 9.98. The summed E-state index contributed by atoms with van der Waals surface area (Å²) in [6.45, 7) is 8.06. The number of carbonyl (C=O) groups excluding carboxylic acids is 4. The van der Waals surface area contributed by atoms with E-state index in [-0.39, 0.29) is 13.1 Å². The third-order valence-corrected chi connectivity index (χ3v) is 3.22. The van der Waals surface area contributed by atoms with Crippen LogP contribution in [0.3, 0.4) is 0 Å².